The standard InChI is InChI=1S/C22H27ClN5O9P/c1-13(2)34-18(30)14(3)36-38(32,37-15-7-5-4-6-8-15)33-11-16-17(29)22(25,9-10-23)19(35-16)28-12-26-20(24)27-21(28)31/h4-8,12-14,16-17,19,29H,11,25H2,1-3H3,(H2,24,27,31)/t14-,16+,17-,19+,22?,38-/m0/s1. The van der Waals surface area contributed by atoms with Crippen LogP contribution in [0.3, 0.4) is 0 Å². The van der Waals surface area contributed by atoms with Crippen molar-refractivity contribution in [3.63, 3.8) is 0 Å². The number of esters is 1. The van der Waals surface area contributed by atoms with Gasteiger partial charge in [0.1, 0.15) is 24.3 Å². The predicted octanol–water partition coefficient (Wildman–Crippen LogP) is 0.936. The molecule has 1 unspecified atom stereocenters. The fourth-order valence-corrected chi connectivity index (χ4v) is 4.89. The lowest BCUT2D eigenvalue weighted by atomic mass is 9.92. The van der Waals surface area contributed by atoms with E-state index in [0.717, 1.165) is 10.9 Å². The van der Waals surface area contributed by atoms with Gasteiger partial charge in [-0.3, -0.25) is 13.6 Å². The first-order valence-electron chi connectivity index (χ1n) is 11.2. The van der Waals surface area contributed by atoms with Crippen molar-refractivity contribution in [2.45, 2.75) is 57.0 Å². The van der Waals surface area contributed by atoms with Crippen molar-refractivity contribution >= 4 is 31.3 Å². The minimum atomic E-state index is -4.54. The number of rotatable bonds is 10. The number of phosphoric ester groups is 1. The van der Waals surface area contributed by atoms with E-state index >= 15 is 0 Å². The van der Waals surface area contributed by atoms with E-state index in [9.17, 15) is 19.3 Å². The third-order valence-electron chi connectivity index (χ3n) is 5.14. The van der Waals surface area contributed by atoms with E-state index in [1.807, 2.05) is 0 Å². The Bertz CT molecular complexity index is 1300. The van der Waals surface area contributed by atoms with Crippen LogP contribution in [0.15, 0.2) is 41.5 Å². The molecule has 38 heavy (non-hydrogen) atoms. The SMILES string of the molecule is CC(C)OC(=O)[C@H](C)O[P@](=O)(OC[C@H]1O[C@@H](n2cnc(N)nc2=O)C(N)(C#CCl)[C@H]1O)Oc1ccccc1. The molecule has 0 aliphatic carbocycles. The summed E-state index contributed by atoms with van der Waals surface area (Å²) < 4.78 is 41.6. The first-order chi connectivity index (χ1) is 17.9. The van der Waals surface area contributed by atoms with Crippen molar-refractivity contribution in [3.8, 4) is 17.0 Å². The van der Waals surface area contributed by atoms with Crippen LogP contribution < -0.4 is 21.7 Å². The Morgan fingerprint density at radius 3 is 2.63 bits per heavy atom. The molecule has 1 fully saturated rings. The highest BCUT2D eigenvalue weighted by atomic mass is 35.5. The predicted molar refractivity (Wildman–Crippen MR) is 134 cm³/mol. The molecule has 16 heteroatoms. The number of hydrogen-bond acceptors (Lipinski definition) is 13. The van der Waals surface area contributed by atoms with Gasteiger partial charge in [-0.05, 0) is 44.5 Å². The Kier molecular flexibility index (Phi) is 9.50. The number of carbonyl (C=O) groups excluding carboxylic acids is 1. The van der Waals surface area contributed by atoms with Crippen molar-refractivity contribution < 1.29 is 37.5 Å². The summed E-state index contributed by atoms with van der Waals surface area (Å²) in [5.41, 5.74) is 8.89. The number of nitrogens with zero attached hydrogens (tertiary/aromatic N) is 3. The monoisotopic (exact) mass is 571 g/mol. The molecule has 1 aromatic carbocycles. The zero-order valence-corrected chi connectivity index (χ0v) is 22.2. The summed E-state index contributed by atoms with van der Waals surface area (Å²) in [5.74, 6) is 1.42. The second kappa shape index (κ2) is 12.2. The van der Waals surface area contributed by atoms with E-state index in [1.165, 1.54) is 19.1 Å². The van der Waals surface area contributed by atoms with E-state index < -0.39 is 62.3 Å². The van der Waals surface area contributed by atoms with Crippen molar-refractivity contribution in [3.05, 3.63) is 47.1 Å². The van der Waals surface area contributed by atoms with E-state index in [4.69, 9.17) is 46.1 Å². The number of ether oxygens (including phenoxy) is 2. The number of aliphatic hydroxyl groups is 1. The summed E-state index contributed by atoms with van der Waals surface area (Å²) >= 11 is 5.56. The first-order valence-corrected chi connectivity index (χ1v) is 13.1. The average molecular weight is 572 g/mol. The Labute approximate surface area is 222 Å². The summed E-state index contributed by atoms with van der Waals surface area (Å²) in [4.78, 5) is 31.9. The fourth-order valence-electron chi connectivity index (χ4n) is 3.38. The number of para-hydroxylation sites is 1. The molecule has 0 spiro atoms. The molecule has 0 amide bonds. The minimum absolute atomic E-state index is 0.109. The van der Waals surface area contributed by atoms with Crippen LogP contribution in [-0.2, 0) is 27.9 Å². The zero-order valence-electron chi connectivity index (χ0n) is 20.6. The molecule has 3 rings (SSSR count). The van der Waals surface area contributed by atoms with Gasteiger partial charge in [-0.25, -0.2) is 19.1 Å². The van der Waals surface area contributed by atoms with Gasteiger partial charge in [0, 0.05) is 5.38 Å². The topological polar surface area (TPSA) is 200 Å². The Morgan fingerprint density at radius 2 is 2.03 bits per heavy atom. The smallest absolute Gasteiger partial charge is 0.461 e. The maximum atomic E-state index is 13.6. The second-order valence-electron chi connectivity index (χ2n) is 8.41. The summed E-state index contributed by atoms with van der Waals surface area (Å²) in [6.07, 6.45) is -5.20. The van der Waals surface area contributed by atoms with Gasteiger partial charge < -0.3 is 30.6 Å². The molecule has 1 aliphatic heterocycles. The number of benzene rings is 1. The number of aromatic nitrogens is 3. The zero-order chi connectivity index (χ0) is 28.1. The van der Waals surface area contributed by atoms with Crippen LogP contribution in [0.5, 0.6) is 5.75 Å². The van der Waals surface area contributed by atoms with E-state index in [1.54, 1.807) is 32.0 Å². The van der Waals surface area contributed by atoms with Crippen molar-refractivity contribution in [1.82, 2.24) is 14.5 Å². The number of aliphatic hydroxyl groups excluding tert-OH is 1. The van der Waals surface area contributed by atoms with Gasteiger partial charge in [0.05, 0.1) is 12.7 Å². The van der Waals surface area contributed by atoms with Crippen LogP contribution in [0.1, 0.15) is 27.0 Å². The molecule has 0 saturated carbocycles. The van der Waals surface area contributed by atoms with E-state index in [0.29, 0.717) is 0 Å². The highest BCUT2D eigenvalue weighted by Crippen LogP contribution is 2.51. The lowest BCUT2D eigenvalue weighted by molar-refractivity contribution is -0.156. The molecule has 5 N–H and O–H groups in total. The van der Waals surface area contributed by atoms with E-state index in [2.05, 4.69) is 21.3 Å². The number of hydrogen-bond donors (Lipinski definition) is 3. The molecular formula is C22H27ClN5O9P. The van der Waals surface area contributed by atoms with Crippen LogP contribution in [0, 0.1) is 11.3 Å². The lowest BCUT2D eigenvalue weighted by Gasteiger charge is -2.27. The molecule has 0 radical (unpaired) electrons. The summed E-state index contributed by atoms with van der Waals surface area (Å²) in [6.45, 7) is 3.94. The highest BCUT2D eigenvalue weighted by Gasteiger charge is 2.55. The van der Waals surface area contributed by atoms with Crippen molar-refractivity contribution in [2.24, 2.45) is 5.73 Å². The third kappa shape index (κ3) is 6.89. The maximum Gasteiger partial charge on any atom is 0.530 e. The highest BCUT2D eigenvalue weighted by molar-refractivity contribution is 7.49. The summed E-state index contributed by atoms with van der Waals surface area (Å²) in [6, 6.07) is 7.91. The molecule has 1 aromatic heterocycles. The molecule has 2 heterocycles. The number of halogens is 1. The van der Waals surface area contributed by atoms with Gasteiger partial charge in [0.15, 0.2) is 17.9 Å². The molecular weight excluding hydrogens is 545 g/mol. The van der Waals surface area contributed by atoms with Crippen LogP contribution in [0.25, 0.3) is 0 Å². The normalized spacial score (nSPS) is 25.2. The minimum Gasteiger partial charge on any atom is -0.461 e. The molecule has 6 atom stereocenters. The number of carbonyl (C=O) groups is 1. The molecule has 206 valence electrons. The summed E-state index contributed by atoms with van der Waals surface area (Å²) in [7, 11) is -4.54. The molecule has 1 aliphatic rings. The molecule has 14 nitrogen and oxygen atoms in total. The van der Waals surface area contributed by atoms with Crippen LogP contribution >= 0.6 is 19.4 Å². The number of nitrogen functional groups attached to an aromatic ring is 1. The van der Waals surface area contributed by atoms with Crippen molar-refractivity contribution in [1.29, 1.82) is 0 Å². The summed E-state index contributed by atoms with van der Waals surface area (Å²) in [5, 5.41) is 13.0. The van der Waals surface area contributed by atoms with Gasteiger partial charge in [-0.15, -0.1) is 0 Å². The lowest BCUT2D eigenvalue weighted by Crippen LogP contribution is -2.55. The van der Waals surface area contributed by atoms with E-state index in [-0.39, 0.29) is 11.7 Å². The second-order valence-corrected chi connectivity index (χ2v) is 10.1. The van der Waals surface area contributed by atoms with Gasteiger partial charge in [0.25, 0.3) is 0 Å². The van der Waals surface area contributed by atoms with Crippen molar-refractivity contribution in [2.75, 3.05) is 12.3 Å². The largest absolute Gasteiger partial charge is 0.530 e. The molecule has 0 bridgehead atoms. The quantitative estimate of drug-likeness (QED) is 0.207. The van der Waals surface area contributed by atoms with Gasteiger partial charge in [-0.1, -0.05) is 24.1 Å². The molecule has 2 aromatic rings. The first kappa shape index (κ1) is 29.5. The third-order valence-corrected chi connectivity index (χ3v) is 6.71. The Morgan fingerprint density at radius 1 is 1.34 bits per heavy atom. The van der Waals surface area contributed by atoms with Gasteiger partial charge in [0.2, 0.25) is 5.95 Å². The van der Waals surface area contributed by atoms with Crippen LogP contribution in [0.2, 0.25) is 0 Å². The van der Waals surface area contributed by atoms with Gasteiger partial charge >= 0.3 is 19.5 Å². The van der Waals surface area contributed by atoms with Crippen LogP contribution in [-0.4, -0.2) is 62.2 Å². The number of nitrogens with two attached hydrogens (primary N) is 2. The maximum absolute atomic E-state index is 13.6. The Balaban J connectivity index is 1.86. The number of phosphoric acid groups is 1. The number of anilines is 1. The average Bonchev–Trinajstić information content (AvgIpc) is 3.08. The fraction of sp³-hybridized carbons (Fsp3) is 0.455. The molecule has 1 saturated heterocycles. The van der Waals surface area contributed by atoms with Gasteiger partial charge in [-0.2, -0.15) is 4.98 Å². The Hall–Kier alpha value is -3.02. The van der Waals surface area contributed by atoms with Crippen LogP contribution in [0.4, 0.5) is 5.95 Å².